The van der Waals surface area contributed by atoms with Crippen LogP contribution in [-0.2, 0) is 6.42 Å². The van der Waals surface area contributed by atoms with Crippen LogP contribution in [0.15, 0.2) is 60.6 Å². The number of benzene rings is 1. The van der Waals surface area contributed by atoms with E-state index in [4.69, 9.17) is 0 Å². The van der Waals surface area contributed by atoms with Crippen LogP contribution in [-0.4, -0.2) is 19.9 Å². The molecule has 2 aromatic heterocycles. The van der Waals surface area contributed by atoms with Crippen molar-refractivity contribution < 1.29 is 9.50 Å². The van der Waals surface area contributed by atoms with Gasteiger partial charge in [0.25, 0.3) is 0 Å². The lowest BCUT2D eigenvalue weighted by molar-refractivity contribution is 0.121. The molecule has 0 amide bonds. The summed E-state index contributed by atoms with van der Waals surface area (Å²) in [6.45, 7) is 4.28. The van der Waals surface area contributed by atoms with Gasteiger partial charge in [0.05, 0.1) is 23.7 Å². The van der Waals surface area contributed by atoms with Crippen LogP contribution in [0, 0.1) is 11.2 Å². The van der Waals surface area contributed by atoms with E-state index < -0.39 is 6.10 Å². The van der Waals surface area contributed by atoms with Crippen molar-refractivity contribution >= 4 is 6.08 Å². The number of aliphatic hydroxyl groups is 1. The van der Waals surface area contributed by atoms with Crippen molar-refractivity contribution in [3.05, 3.63) is 83.2 Å². The zero-order valence-corrected chi connectivity index (χ0v) is 15.4. The molecule has 0 radical (unpaired) electrons. The Balaban J connectivity index is 1.63. The summed E-state index contributed by atoms with van der Waals surface area (Å²) in [4.78, 5) is 4.10. The van der Waals surface area contributed by atoms with E-state index >= 15 is 0 Å². The van der Waals surface area contributed by atoms with Crippen LogP contribution >= 0.6 is 0 Å². The highest BCUT2D eigenvalue weighted by atomic mass is 19.1. The van der Waals surface area contributed by atoms with Gasteiger partial charge in [-0.1, -0.05) is 18.6 Å². The quantitative estimate of drug-likeness (QED) is 0.743. The standard InChI is InChI=1S/C22H22FN3O/c1-15-10-20-17(14-25-26(20)19-7-5-18(23)6-8-19)11-22(15,2)12-21(27)16-4-3-9-24-13-16/h3-10,13-14,21,27H,11-12H2,1-2H3/t21?,22-/m0/s1. The minimum Gasteiger partial charge on any atom is -0.388 e. The van der Waals surface area contributed by atoms with Gasteiger partial charge in [-0.15, -0.1) is 0 Å². The number of nitrogens with zero attached hydrogens (tertiary/aromatic N) is 3. The molecule has 1 aliphatic rings. The summed E-state index contributed by atoms with van der Waals surface area (Å²) in [6.07, 6.45) is 8.27. The van der Waals surface area contributed by atoms with E-state index in [1.807, 2.05) is 23.0 Å². The first-order valence-electron chi connectivity index (χ1n) is 9.06. The number of aliphatic hydroxyl groups excluding tert-OH is 1. The molecule has 0 saturated heterocycles. The Bertz CT molecular complexity index is 979. The minimum absolute atomic E-state index is 0.168. The summed E-state index contributed by atoms with van der Waals surface area (Å²) in [7, 11) is 0. The molecule has 1 aliphatic carbocycles. The molecule has 5 heteroatoms. The highest BCUT2D eigenvalue weighted by molar-refractivity contribution is 5.60. The van der Waals surface area contributed by atoms with E-state index in [1.54, 1.807) is 24.5 Å². The van der Waals surface area contributed by atoms with Gasteiger partial charge in [-0.25, -0.2) is 9.07 Å². The molecule has 1 N–H and O–H groups in total. The lowest BCUT2D eigenvalue weighted by Gasteiger charge is -2.36. The lowest BCUT2D eigenvalue weighted by Crippen LogP contribution is -2.27. The zero-order valence-electron chi connectivity index (χ0n) is 15.4. The van der Waals surface area contributed by atoms with Crippen molar-refractivity contribution in [3.63, 3.8) is 0 Å². The molecule has 0 aliphatic heterocycles. The number of halogens is 1. The highest BCUT2D eigenvalue weighted by Gasteiger charge is 2.35. The fraction of sp³-hybridized carbons (Fsp3) is 0.273. The molecule has 138 valence electrons. The van der Waals surface area contributed by atoms with Crippen LogP contribution in [0.2, 0.25) is 0 Å². The summed E-state index contributed by atoms with van der Waals surface area (Å²) in [5, 5.41) is 15.2. The lowest BCUT2D eigenvalue weighted by atomic mass is 9.70. The third-order valence-electron chi connectivity index (χ3n) is 5.56. The minimum atomic E-state index is -0.569. The summed E-state index contributed by atoms with van der Waals surface area (Å²) < 4.78 is 15.1. The first-order valence-corrected chi connectivity index (χ1v) is 9.06. The van der Waals surface area contributed by atoms with Crippen molar-refractivity contribution in [2.24, 2.45) is 5.41 Å². The Hall–Kier alpha value is -2.79. The Morgan fingerprint density at radius 3 is 2.70 bits per heavy atom. The van der Waals surface area contributed by atoms with E-state index in [0.717, 1.165) is 28.9 Å². The second kappa shape index (κ2) is 6.74. The van der Waals surface area contributed by atoms with Crippen LogP contribution in [0.1, 0.15) is 43.2 Å². The molecule has 2 atom stereocenters. The van der Waals surface area contributed by atoms with E-state index in [1.165, 1.54) is 17.7 Å². The predicted molar refractivity (Wildman–Crippen MR) is 103 cm³/mol. The van der Waals surface area contributed by atoms with Gasteiger partial charge in [0.15, 0.2) is 0 Å². The number of rotatable bonds is 4. The second-order valence-electron chi connectivity index (χ2n) is 7.51. The third kappa shape index (κ3) is 3.30. The second-order valence-corrected chi connectivity index (χ2v) is 7.51. The average Bonchev–Trinajstić information content (AvgIpc) is 3.05. The molecule has 0 fully saturated rings. The van der Waals surface area contributed by atoms with Gasteiger partial charge in [0.2, 0.25) is 0 Å². The molecule has 0 spiro atoms. The Morgan fingerprint density at radius 2 is 2.00 bits per heavy atom. The monoisotopic (exact) mass is 363 g/mol. The van der Waals surface area contributed by atoms with Gasteiger partial charge < -0.3 is 5.11 Å². The molecule has 0 bridgehead atoms. The molecule has 2 heterocycles. The van der Waals surface area contributed by atoms with E-state index in [9.17, 15) is 9.50 Å². The van der Waals surface area contributed by atoms with Gasteiger partial charge in [0, 0.05) is 12.4 Å². The Labute approximate surface area is 158 Å². The Kier molecular flexibility index (Phi) is 4.40. The number of allylic oxidation sites excluding steroid dienone is 1. The van der Waals surface area contributed by atoms with Gasteiger partial charge in [0.1, 0.15) is 5.82 Å². The van der Waals surface area contributed by atoms with E-state index in [2.05, 4.69) is 30.0 Å². The Morgan fingerprint density at radius 1 is 1.22 bits per heavy atom. The number of aromatic nitrogens is 3. The smallest absolute Gasteiger partial charge is 0.123 e. The number of fused-ring (bicyclic) bond motifs is 1. The highest BCUT2D eigenvalue weighted by Crippen LogP contribution is 2.44. The fourth-order valence-electron chi connectivity index (χ4n) is 3.76. The SMILES string of the molecule is CC1=Cc2c(cnn2-c2ccc(F)cc2)C[C@@]1(C)CC(O)c1cccnc1. The largest absolute Gasteiger partial charge is 0.388 e. The molecular weight excluding hydrogens is 341 g/mol. The van der Waals surface area contributed by atoms with Crippen molar-refractivity contribution in [3.8, 4) is 5.69 Å². The zero-order chi connectivity index (χ0) is 19.0. The van der Waals surface area contributed by atoms with Crippen molar-refractivity contribution in [1.29, 1.82) is 0 Å². The van der Waals surface area contributed by atoms with Gasteiger partial charge in [-0.2, -0.15) is 5.10 Å². The van der Waals surface area contributed by atoms with E-state index in [0.29, 0.717) is 6.42 Å². The van der Waals surface area contributed by atoms with Crippen LogP contribution < -0.4 is 0 Å². The number of hydrogen-bond donors (Lipinski definition) is 1. The molecule has 0 saturated carbocycles. The summed E-state index contributed by atoms with van der Waals surface area (Å²) in [6, 6.07) is 10.1. The molecule has 3 aromatic rings. The summed E-state index contributed by atoms with van der Waals surface area (Å²) in [5.74, 6) is -0.261. The molecule has 4 nitrogen and oxygen atoms in total. The first kappa shape index (κ1) is 17.6. The third-order valence-corrected chi connectivity index (χ3v) is 5.56. The molecule has 27 heavy (non-hydrogen) atoms. The summed E-state index contributed by atoms with van der Waals surface area (Å²) in [5.41, 5.74) is 4.85. The van der Waals surface area contributed by atoms with Crippen LogP contribution in [0.25, 0.3) is 11.8 Å². The van der Waals surface area contributed by atoms with Crippen molar-refractivity contribution in [2.75, 3.05) is 0 Å². The predicted octanol–water partition coefficient (Wildman–Crippen LogP) is 4.50. The maximum atomic E-state index is 13.2. The fourth-order valence-corrected chi connectivity index (χ4v) is 3.76. The van der Waals surface area contributed by atoms with Crippen molar-refractivity contribution in [2.45, 2.75) is 32.8 Å². The molecular formula is C22H22FN3O. The van der Waals surface area contributed by atoms with Crippen LogP contribution in [0.4, 0.5) is 4.39 Å². The van der Waals surface area contributed by atoms with Gasteiger partial charge in [-0.3, -0.25) is 4.98 Å². The molecule has 1 aromatic carbocycles. The molecule has 4 rings (SSSR count). The maximum absolute atomic E-state index is 13.2. The normalized spacial score (nSPS) is 20.1. The van der Waals surface area contributed by atoms with Crippen LogP contribution in [0.3, 0.4) is 0 Å². The number of pyridine rings is 1. The van der Waals surface area contributed by atoms with E-state index in [-0.39, 0.29) is 11.2 Å². The average molecular weight is 363 g/mol. The van der Waals surface area contributed by atoms with Crippen LogP contribution in [0.5, 0.6) is 0 Å². The topological polar surface area (TPSA) is 50.9 Å². The van der Waals surface area contributed by atoms with Gasteiger partial charge in [-0.05, 0) is 72.7 Å². The first-order chi connectivity index (χ1) is 13.0. The number of hydrogen-bond acceptors (Lipinski definition) is 3. The van der Waals surface area contributed by atoms with Crippen molar-refractivity contribution in [1.82, 2.24) is 14.8 Å². The summed E-state index contributed by atoms with van der Waals surface area (Å²) >= 11 is 0. The maximum Gasteiger partial charge on any atom is 0.123 e. The molecule has 1 unspecified atom stereocenters. The van der Waals surface area contributed by atoms with Gasteiger partial charge >= 0.3 is 0 Å².